The van der Waals surface area contributed by atoms with Crippen molar-refractivity contribution >= 4 is 17.9 Å². The van der Waals surface area contributed by atoms with Gasteiger partial charge in [-0.3, -0.25) is 4.57 Å². The minimum atomic E-state index is -1.16. The van der Waals surface area contributed by atoms with E-state index in [1.807, 2.05) is 0 Å². The summed E-state index contributed by atoms with van der Waals surface area (Å²) in [4.78, 5) is 21.2. The molecule has 0 unspecified atom stereocenters. The number of nitrogens with zero attached hydrogens (tertiary/aromatic N) is 2. The molecule has 0 aliphatic carbocycles. The van der Waals surface area contributed by atoms with Crippen LogP contribution in [0.2, 0.25) is 0 Å². The van der Waals surface area contributed by atoms with E-state index >= 15 is 0 Å². The number of fused-ring (bicyclic) bond motifs is 1. The highest BCUT2D eigenvalue weighted by atomic mass is 16.4. The van der Waals surface area contributed by atoms with Gasteiger partial charge < -0.3 is 10.2 Å². The second-order valence-electron chi connectivity index (χ2n) is 2.81. The van der Waals surface area contributed by atoms with Crippen LogP contribution in [-0.4, -0.2) is 27.0 Å². The smallest absolute Gasteiger partial charge is 0.426 e. The molecule has 7 heteroatoms. The molecule has 0 saturated heterocycles. The van der Waals surface area contributed by atoms with Gasteiger partial charge in [0, 0.05) is 24.5 Å². The molecular formula is C7H7N3O4. The fourth-order valence-corrected chi connectivity index (χ4v) is 1.35. The topological polar surface area (TPSA) is 94.8 Å². The van der Waals surface area contributed by atoms with E-state index in [0.717, 1.165) is 9.58 Å². The molecule has 0 spiro atoms. The highest BCUT2D eigenvalue weighted by Gasteiger charge is 2.26. The molecule has 74 valence electrons. The van der Waals surface area contributed by atoms with Crippen molar-refractivity contribution in [3.8, 4) is 0 Å². The van der Waals surface area contributed by atoms with Gasteiger partial charge in [0.1, 0.15) is 0 Å². The molecule has 0 radical (unpaired) electrons. The Morgan fingerprint density at radius 1 is 1.29 bits per heavy atom. The standard InChI is InChI=1S/C7H7N3O4/c11-6(12)9-2-4-1-8-10(7(13)14)5(4)3-9/h2-3,8H,1H2,(H,11,12)(H,13,14). The van der Waals surface area contributed by atoms with Crippen LogP contribution in [0.1, 0.15) is 5.56 Å². The molecule has 3 N–H and O–H groups in total. The largest absolute Gasteiger partial charge is 0.464 e. The summed E-state index contributed by atoms with van der Waals surface area (Å²) in [6.45, 7) is 0.321. The Morgan fingerprint density at radius 2 is 2.00 bits per heavy atom. The summed E-state index contributed by atoms with van der Waals surface area (Å²) in [7, 11) is 0. The second-order valence-corrected chi connectivity index (χ2v) is 2.81. The van der Waals surface area contributed by atoms with Crippen molar-refractivity contribution in [2.24, 2.45) is 0 Å². The van der Waals surface area contributed by atoms with Crippen molar-refractivity contribution in [3.63, 3.8) is 0 Å². The molecule has 0 atom stereocenters. The first-order valence-corrected chi connectivity index (χ1v) is 3.80. The van der Waals surface area contributed by atoms with E-state index in [2.05, 4.69) is 5.43 Å². The van der Waals surface area contributed by atoms with E-state index in [9.17, 15) is 9.59 Å². The van der Waals surface area contributed by atoms with Crippen molar-refractivity contribution in [1.29, 1.82) is 0 Å². The molecule has 1 amide bonds. The molecule has 1 aromatic heterocycles. The Hall–Kier alpha value is -2.02. The Kier molecular flexibility index (Phi) is 1.68. The number of rotatable bonds is 0. The lowest BCUT2D eigenvalue weighted by Gasteiger charge is -2.10. The van der Waals surface area contributed by atoms with Crippen LogP contribution in [0, 0.1) is 0 Å². The Labute approximate surface area is 78.1 Å². The van der Waals surface area contributed by atoms with E-state index in [1.165, 1.54) is 12.4 Å². The number of nitrogens with one attached hydrogen (secondary N) is 1. The molecule has 0 fully saturated rings. The lowest BCUT2D eigenvalue weighted by Crippen LogP contribution is -2.37. The average molecular weight is 197 g/mol. The summed E-state index contributed by atoms with van der Waals surface area (Å²) in [5.41, 5.74) is 3.60. The number of aromatic nitrogens is 1. The van der Waals surface area contributed by atoms with Crippen molar-refractivity contribution in [2.45, 2.75) is 6.54 Å². The van der Waals surface area contributed by atoms with Gasteiger partial charge in [0.25, 0.3) is 0 Å². The van der Waals surface area contributed by atoms with E-state index in [0.29, 0.717) is 17.8 Å². The van der Waals surface area contributed by atoms with E-state index in [-0.39, 0.29) is 0 Å². The predicted octanol–water partition coefficient (Wildman–Crippen LogP) is 0.517. The normalized spacial score (nSPS) is 14.1. The van der Waals surface area contributed by atoms with E-state index in [4.69, 9.17) is 10.2 Å². The van der Waals surface area contributed by atoms with Crippen LogP contribution in [0.15, 0.2) is 12.4 Å². The zero-order valence-corrected chi connectivity index (χ0v) is 6.97. The molecule has 0 saturated carbocycles. The van der Waals surface area contributed by atoms with Gasteiger partial charge in [0.15, 0.2) is 0 Å². The first-order valence-electron chi connectivity index (χ1n) is 3.80. The third-order valence-electron chi connectivity index (χ3n) is 1.97. The van der Waals surface area contributed by atoms with Crippen molar-refractivity contribution in [3.05, 3.63) is 18.0 Å². The van der Waals surface area contributed by atoms with Gasteiger partial charge in [-0.15, -0.1) is 0 Å². The molecule has 14 heavy (non-hydrogen) atoms. The number of hydrogen-bond donors (Lipinski definition) is 3. The van der Waals surface area contributed by atoms with Crippen LogP contribution in [-0.2, 0) is 6.54 Å². The fraction of sp³-hybridized carbons (Fsp3) is 0.143. The maximum absolute atomic E-state index is 10.7. The van der Waals surface area contributed by atoms with E-state index in [1.54, 1.807) is 0 Å². The summed E-state index contributed by atoms with van der Waals surface area (Å²) in [5.74, 6) is 0. The van der Waals surface area contributed by atoms with E-state index < -0.39 is 12.2 Å². The molecular weight excluding hydrogens is 190 g/mol. The first kappa shape index (κ1) is 8.57. The highest BCUT2D eigenvalue weighted by molar-refractivity contribution is 5.88. The van der Waals surface area contributed by atoms with Crippen molar-refractivity contribution < 1.29 is 19.8 Å². The lowest BCUT2D eigenvalue weighted by atomic mass is 10.3. The van der Waals surface area contributed by atoms with Crippen LogP contribution < -0.4 is 10.4 Å². The minimum absolute atomic E-state index is 0.321. The number of hydrogen-bond acceptors (Lipinski definition) is 3. The summed E-state index contributed by atoms with van der Waals surface area (Å²) in [6.07, 6.45) is 0.343. The van der Waals surface area contributed by atoms with Crippen molar-refractivity contribution in [2.75, 3.05) is 5.01 Å². The molecule has 1 aliphatic heterocycles. The molecule has 7 nitrogen and oxygen atoms in total. The summed E-state index contributed by atoms with van der Waals surface area (Å²) in [6, 6.07) is 0. The van der Waals surface area contributed by atoms with Crippen LogP contribution in [0.25, 0.3) is 0 Å². The Bertz CT molecular complexity index is 411. The van der Waals surface area contributed by atoms with Gasteiger partial charge in [-0.2, -0.15) is 0 Å². The van der Waals surface area contributed by atoms with Gasteiger partial charge in [0.2, 0.25) is 0 Å². The van der Waals surface area contributed by atoms with Gasteiger partial charge in [-0.1, -0.05) is 0 Å². The van der Waals surface area contributed by atoms with Gasteiger partial charge in [-0.05, 0) is 0 Å². The number of carbonyl (C=O) groups is 2. The minimum Gasteiger partial charge on any atom is -0.464 e. The molecule has 2 heterocycles. The second kappa shape index (κ2) is 2.74. The molecule has 2 rings (SSSR count). The maximum atomic E-state index is 10.7. The zero-order valence-electron chi connectivity index (χ0n) is 6.97. The number of hydrazine groups is 1. The molecule has 0 aromatic carbocycles. The van der Waals surface area contributed by atoms with Gasteiger partial charge in [-0.25, -0.2) is 20.0 Å². The van der Waals surface area contributed by atoms with Gasteiger partial charge in [0.05, 0.1) is 5.69 Å². The fourth-order valence-electron chi connectivity index (χ4n) is 1.35. The third-order valence-corrected chi connectivity index (χ3v) is 1.97. The zero-order chi connectivity index (χ0) is 10.3. The summed E-state index contributed by atoms with van der Waals surface area (Å²) < 4.78 is 0.932. The number of anilines is 1. The van der Waals surface area contributed by atoms with Crippen molar-refractivity contribution in [1.82, 2.24) is 9.99 Å². The Morgan fingerprint density at radius 3 is 2.57 bits per heavy atom. The van der Waals surface area contributed by atoms with Gasteiger partial charge >= 0.3 is 12.2 Å². The maximum Gasteiger partial charge on any atom is 0.426 e. The lowest BCUT2D eigenvalue weighted by molar-refractivity contribution is 0.195. The number of amides is 1. The van der Waals surface area contributed by atoms with Crippen LogP contribution in [0.4, 0.5) is 15.3 Å². The average Bonchev–Trinajstić information content (AvgIpc) is 2.58. The third kappa shape index (κ3) is 1.11. The van der Waals surface area contributed by atoms with Crippen LogP contribution >= 0.6 is 0 Å². The molecule has 0 bridgehead atoms. The highest BCUT2D eigenvalue weighted by Crippen LogP contribution is 2.25. The quantitative estimate of drug-likeness (QED) is 0.563. The summed E-state index contributed by atoms with van der Waals surface area (Å²) in [5, 5.41) is 18.3. The monoisotopic (exact) mass is 197 g/mol. The SMILES string of the molecule is O=C(O)N1NCc2cn(C(=O)O)cc21. The van der Waals surface area contributed by atoms with Crippen LogP contribution in [0.3, 0.4) is 0 Å². The predicted molar refractivity (Wildman–Crippen MR) is 45.2 cm³/mol. The molecule has 1 aromatic rings. The number of carboxylic acid groups (broad SMARTS) is 2. The van der Waals surface area contributed by atoms with Crippen LogP contribution in [0.5, 0.6) is 0 Å². The Balaban J connectivity index is 2.40. The summed E-state index contributed by atoms with van der Waals surface area (Å²) >= 11 is 0. The first-order chi connectivity index (χ1) is 6.59. The molecule has 1 aliphatic rings.